The van der Waals surface area contributed by atoms with Crippen molar-refractivity contribution in [3.05, 3.63) is 101 Å². The molecule has 212 valence electrons. The lowest BCUT2D eigenvalue weighted by Crippen LogP contribution is -2.19. The van der Waals surface area contributed by atoms with Crippen LogP contribution in [0.3, 0.4) is 0 Å². The third-order valence-electron chi connectivity index (χ3n) is 6.81. The Kier molecular flexibility index (Phi) is 9.38. The van der Waals surface area contributed by atoms with Gasteiger partial charge in [0.05, 0.1) is 5.56 Å². The molecule has 0 aliphatic rings. The van der Waals surface area contributed by atoms with E-state index in [1.807, 2.05) is 0 Å². The molecule has 4 aromatic carbocycles. The molecule has 4 aromatic rings. The number of aryl methyl sites for hydroxylation is 3. The maximum Gasteiger partial charge on any atom is 0.422 e. The topological polar surface area (TPSA) is 9.23 Å². The molecule has 0 N–H and O–H groups in total. The molecule has 0 heterocycles. The van der Waals surface area contributed by atoms with E-state index >= 15 is 4.39 Å². The maximum atomic E-state index is 15.3. The van der Waals surface area contributed by atoms with Crippen LogP contribution in [0.25, 0.3) is 21.9 Å². The molecule has 1 nitrogen and oxygen atoms in total. The Morgan fingerprint density at radius 1 is 0.675 bits per heavy atom. The zero-order valence-corrected chi connectivity index (χ0v) is 22.0. The van der Waals surface area contributed by atoms with Gasteiger partial charge in [0.1, 0.15) is 17.5 Å². The van der Waals surface area contributed by atoms with E-state index in [9.17, 15) is 26.3 Å². The van der Waals surface area contributed by atoms with Crippen LogP contribution in [0, 0.1) is 23.3 Å². The van der Waals surface area contributed by atoms with Crippen molar-refractivity contribution >= 4 is 10.8 Å². The van der Waals surface area contributed by atoms with Crippen LogP contribution in [0.2, 0.25) is 0 Å². The third-order valence-corrected chi connectivity index (χ3v) is 6.81. The van der Waals surface area contributed by atoms with Crippen molar-refractivity contribution in [1.29, 1.82) is 0 Å². The highest BCUT2D eigenvalue weighted by molar-refractivity contribution is 5.88. The van der Waals surface area contributed by atoms with E-state index in [1.54, 1.807) is 18.2 Å². The van der Waals surface area contributed by atoms with Gasteiger partial charge in [-0.2, -0.15) is 13.2 Å². The molecule has 0 atom stereocenters. The Morgan fingerprint density at radius 2 is 1.40 bits per heavy atom. The first-order valence-electron chi connectivity index (χ1n) is 13.2. The molecule has 0 aliphatic heterocycles. The SMILES string of the molecule is CCCCCCc1cc(F)c(-c2ccc3c(F)c(CCc4ccc(OCC(F)(F)F)c(F)c4)ccc3c2)c(F)c1. The smallest absolute Gasteiger partial charge is 0.422 e. The van der Waals surface area contributed by atoms with Crippen LogP contribution >= 0.6 is 0 Å². The second-order valence-corrected chi connectivity index (χ2v) is 9.89. The maximum absolute atomic E-state index is 15.3. The zero-order chi connectivity index (χ0) is 28.9. The number of halogens is 7. The van der Waals surface area contributed by atoms with Crippen molar-refractivity contribution in [2.45, 2.75) is 58.0 Å². The molecule has 0 amide bonds. The fraction of sp³-hybridized carbons (Fsp3) is 0.312. The van der Waals surface area contributed by atoms with Crippen molar-refractivity contribution in [2.24, 2.45) is 0 Å². The summed E-state index contributed by atoms with van der Waals surface area (Å²) in [7, 11) is 0. The van der Waals surface area contributed by atoms with Crippen molar-refractivity contribution in [1.82, 2.24) is 0 Å². The summed E-state index contributed by atoms with van der Waals surface area (Å²) in [5.74, 6) is -3.27. The number of hydrogen-bond donors (Lipinski definition) is 0. The highest BCUT2D eigenvalue weighted by Crippen LogP contribution is 2.32. The molecule has 0 radical (unpaired) electrons. The van der Waals surface area contributed by atoms with E-state index < -0.39 is 41.8 Å². The lowest BCUT2D eigenvalue weighted by molar-refractivity contribution is -0.153. The van der Waals surface area contributed by atoms with Crippen LogP contribution in [-0.2, 0) is 19.3 Å². The molecule has 0 spiro atoms. The predicted octanol–water partition coefficient (Wildman–Crippen LogP) is 9.91. The average Bonchev–Trinajstić information content (AvgIpc) is 2.89. The van der Waals surface area contributed by atoms with Gasteiger partial charge in [0.15, 0.2) is 18.2 Å². The molecule has 0 bridgehead atoms. The number of rotatable bonds is 11. The van der Waals surface area contributed by atoms with Crippen LogP contribution < -0.4 is 4.74 Å². The molecular weight excluding hydrogens is 533 g/mol. The van der Waals surface area contributed by atoms with Gasteiger partial charge in [0, 0.05) is 5.39 Å². The minimum absolute atomic E-state index is 0.159. The molecule has 0 aliphatic carbocycles. The fourth-order valence-electron chi connectivity index (χ4n) is 4.74. The highest BCUT2D eigenvalue weighted by atomic mass is 19.4. The van der Waals surface area contributed by atoms with Crippen LogP contribution in [0.4, 0.5) is 30.7 Å². The lowest BCUT2D eigenvalue weighted by Gasteiger charge is -2.12. The Hall–Kier alpha value is -3.55. The van der Waals surface area contributed by atoms with E-state index in [-0.39, 0.29) is 23.8 Å². The molecular formula is C32H29F7O. The minimum Gasteiger partial charge on any atom is -0.481 e. The summed E-state index contributed by atoms with van der Waals surface area (Å²) >= 11 is 0. The molecule has 40 heavy (non-hydrogen) atoms. The van der Waals surface area contributed by atoms with Gasteiger partial charge in [-0.3, -0.25) is 0 Å². The summed E-state index contributed by atoms with van der Waals surface area (Å²) in [6.07, 6.45) is 0.471. The number of benzene rings is 4. The monoisotopic (exact) mass is 562 g/mol. The summed E-state index contributed by atoms with van der Waals surface area (Å²) in [4.78, 5) is 0. The summed E-state index contributed by atoms with van der Waals surface area (Å²) < 4.78 is 101. The molecule has 4 rings (SSSR count). The quantitative estimate of drug-likeness (QED) is 0.131. The predicted molar refractivity (Wildman–Crippen MR) is 142 cm³/mol. The Balaban J connectivity index is 1.48. The Morgan fingerprint density at radius 3 is 2.08 bits per heavy atom. The highest BCUT2D eigenvalue weighted by Gasteiger charge is 2.29. The van der Waals surface area contributed by atoms with Gasteiger partial charge in [-0.1, -0.05) is 56.5 Å². The van der Waals surface area contributed by atoms with Gasteiger partial charge in [0.25, 0.3) is 0 Å². The number of hydrogen-bond acceptors (Lipinski definition) is 1. The second kappa shape index (κ2) is 12.7. The van der Waals surface area contributed by atoms with Gasteiger partial charge >= 0.3 is 6.18 Å². The Bertz CT molecular complexity index is 1450. The van der Waals surface area contributed by atoms with Gasteiger partial charge in [-0.05, 0) is 83.7 Å². The third kappa shape index (κ3) is 7.34. The van der Waals surface area contributed by atoms with Crippen molar-refractivity contribution < 1.29 is 35.5 Å². The zero-order valence-electron chi connectivity index (χ0n) is 22.0. The van der Waals surface area contributed by atoms with Crippen LogP contribution in [0.15, 0.2) is 60.7 Å². The first-order chi connectivity index (χ1) is 19.1. The standard InChI is InChI=1S/C32H29F7O/c1-2-3-4-5-6-21-16-27(34)30(28(35)17-21)24-12-13-25-23(18-24)11-10-22(31(25)36)9-7-20-8-14-29(26(33)15-20)40-19-32(37,38)39/h8,10-18H,2-7,9,19H2,1H3. The lowest BCUT2D eigenvalue weighted by atomic mass is 9.95. The van der Waals surface area contributed by atoms with Gasteiger partial charge in [0.2, 0.25) is 0 Å². The second-order valence-electron chi connectivity index (χ2n) is 9.89. The van der Waals surface area contributed by atoms with Crippen LogP contribution in [0.5, 0.6) is 5.75 Å². The molecule has 0 saturated carbocycles. The molecule has 8 heteroatoms. The largest absolute Gasteiger partial charge is 0.481 e. The van der Waals surface area contributed by atoms with Gasteiger partial charge in [-0.25, -0.2) is 17.6 Å². The summed E-state index contributed by atoms with van der Waals surface area (Å²) in [5.41, 5.74) is 1.56. The van der Waals surface area contributed by atoms with E-state index in [4.69, 9.17) is 0 Å². The van der Waals surface area contributed by atoms with Crippen LogP contribution in [-0.4, -0.2) is 12.8 Å². The summed E-state index contributed by atoms with van der Waals surface area (Å²) in [6, 6.07) is 14.0. The molecule has 0 unspecified atom stereocenters. The van der Waals surface area contributed by atoms with Crippen molar-refractivity contribution in [3.8, 4) is 16.9 Å². The summed E-state index contributed by atoms with van der Waals surface area (Å²) in [5, 5.41) is 0.745. The van der Waals surface area contributed by atoms with Crippen molar-refractivity contribution in [2.75, 3.05) is 6.61 Å². The first kappa shape index (κ1) is 29.4. The molecule has 0 fully saturated rings. The number of unbranched alkanes of at least 4 members (excludes halogenated alkanes) is 3. The Labute approximate surface area is 228 Å². The molecule has 0 aromatic heterocycles. The van der Waals surface area contributed by atoms with E-state index in [0.29, 0.717) is 34.1 Å². The number of ether oxygens (including phenoxy) is 1. The molecule has 0 saturated heterocycles. The van der Waals surface area contributed by atoms with E-state index in [0.717, 1.165) is 37.8 Å². The summed E-state index contributed by atoms with van der Waals surface area (Å²) in [6.45, 7) is 0.495. The normalized spacial score (nSPS) is 11.8. The van der Waals surface area contributed by atoms with E-state index in [1.165, 1.54) is 30.3 Å². The van der Waals surface area contributed by atoms with Gasteiger partial charge < -0.3 is 4.74 Å². The average molecular weight is 563 g/mol. The first-order valence-corrected chi connectivity index (χ1v) is 13.2. The minimum atomic E-state index is -4.58. The fourth-order valence-corrected chi connectivity index (χ4v) is 4.74. The number of fused-ring (bicyclic) bond motifs is 1. The van der Waals surface area contributed by atoms with Crippen LogP contribution in [0.1, 0.15) is 49.3 Å². The van der Waals surface area contributed by atoms with E-state index in [2.05, 4.69) is 11.7 Å². The van der Waals surface area contributed by atoms with Gasteiger partial charge in [-0.15, -0.1) is 0 Å². The number of alkyl halides is 3. The van der Waals surface area contributed by atoms with Crippen molar-refractivity contribution in [3.63, 3.8) is 0 Å².